The number of carbonyl (C=O) groups is 2. The predicted octanol–water partition coefficient (Wildman–Crippen LogP) is 5.00. The fraction of sp³-hybridized carbons (Fsp3) is 0.280. The van der Waals surface area contributed by atoms with Crippen LogP contribution in [0.4, 0.5) is 5.00 Å². The summed E-state index contributed by atoms with van der Waals surface area (Å²) in [5.41, 5.74) is 2.78. The van der Waals surface area contributed by atoms with Crippen molar-refractivity contribution in [1.82, 2.24) is 0 Å². The summed E-state index contributed by atoms with van der Waals surface area (Å²) in [6.45, 7) is 0.906. The maximum absolute atomic E-state index is 12.8. The van der Waals surface area contributed by atoms with E-state index in [1.165, 1.54) is 16.9 Å². The van der Waals surface area contributed by atoms with Crippen LogP contribution in [0.25, 0.3) is 0 Å². The summed E-state index contributed by atoms with van der Waals surface area (Å²) in [7, 11) is 1.60. The molecule has 6 nitrogen and oxygen atoms in total. The summed E-state index contributed by atoms with van der Waals surface area (Å²) in [6.07, 6.45) is 2.37. The summed E-state index contributed by atoms with van der Waals surface area (Å²) < 4.78 is 10.5. The van der Waals surface area contributed by atoms with Gasteiger partial charge in [0.05, 0.1) is 12.2 Å². The highest BCUT2D eigenvalue weighted by Crippen LogP contribution is 2.42. The number of nitrogens with one attached hydrogen (secondary N) is 1. The molecule has 0 fully saturated rings. The van der Waals surface area contributed by atoms with Crippen LogP contribution in [0, 0.1) is 0 Å². The summed E-state index contributed by atoms with van der Waals surface area (Å²) in [6, 6.07) is 17.0. The van der Waals surface area contributed by atoms with E-state index in [4.69, 9.17) is 9.47 Å². The number of thiophene rings is 1. The highest BCUT2D eigenvalue weighted by molar-refractivity contribution is 7.17. The first-order valence-corrected chi connectivity index (χ1v) is 11.3. The molecule has 2 N–H and O–H groups in total. The average molecular weight is 452 g/mol. The number of ether oxygens (including phenoxy) is 2. The van der Waals surface area contributed by atoms with Crippen LogP contribution in [0.2, 0.25) is 0 Å². The van der Waals surface area contributed by atoms with E-state index in [9.17, 15) is 14.7 Å². The molecule has 1 amide bonds. The number of hydrogen-bond acceptors (Lipinski definition) is 5. The number of carboxylic acid groups (broad SMARTS) is 1. The van der Waals surface area contributed by atoms with Crippen molar-refractivity contribution in [1.29, 1.82) is 0 Å². The van der Waals surface area contributed by atoms with Gasteiger partial charge in [-0.3, -0.25) is 4.79 Å². The van der Waals surface area contributed by atoms with Crippen LogP contribution >= 0.6 is 11.3 Å². The molecule has 1 heterocycles. The molecule has 1 aromatic heterocycles. The first-order chi connectivity index (χ1) is 15.6. The maximum Gasteiger partial charge on any atom is 0.339 e. The molecular formula is C25H25NO5S. The van der Waals surface area contributed by atoms with Crippen LogP contribution in [-0.2, 0) is 17.6 Å². The van der Waals surface area contributed by atoms with Gasteiger partial charge >= 0.3 is 5.97 Å². The average Bonchev–Trinajstić information content (AvgIpc) is 3.17. The van der Waals surface area contributed by atoms with Gasteiger partial charge in [-0.1, -0.05) is 30.3 Å². The van der Waals surface area contributed by atoms with Gasteiger partial charge < -0.3 is 19.9 Å². The van der Waals surface area contributed by atoms with Gasteiger partial charge in [-0.05, 0) is 60.6 Å². The van der Waals surface area contributed by atoms with Crippen molar-refractivity contribution in [2.24, 2.45) is 0 Å². The Morgan fingerprint density at radius 1 is 1.09 bits per heavy atom. The van der Waals surface area contributed by atoms with E-state index in [-0.39, 0.29) is 11.5 Å². The first kappa shape index (κ1) is 22.0. The second-order valence-corrected chi connectivity index (χ2v) is 8.79. The second kappa shape index (κ2) is 9.97. The van der Waals surface area contributed by atoms with Crippen molar-refractivity contribution in [3.05, 3.63) is 81.7 Å². The first-order valence-electron chi connectivity index (χ1n) is 10.5. The van der Waals surface area contributed by atoms with Gasteiger partial charge in [0.2, 0.25) is 0 Å². The molecule has 166 valence electrons. The molecule has 0 saturated heterocycles. The summed E-state index contributed by atoms with van der Waals surface area (Å²) >= 11 is 1.38. The van der Waals surface area contributed by atoms with Gasteiger partial charge in [-0.25, -0.2) is 4.79 Å². The molecule has 7 heteroatoms. The summed E-state index contributed by atoms with van der Waals surface area (Å²) in [5, 5.41) is 13.1. The third-order valence-corrected chi connectivity index (χ3v) is 6.82. The highest BCUT2D eigenvalue weighted by Gasteiger charge is 2.30. The van der Waals surface area contributed by atoms with Crippen molar-refractivity contribution < 1.29 is 24.2 Å². The molecule has 2 aromatic carbocycles. The summed E-state index contributed by atoms with van der Waals surface area (Å²) in [4.78, 5) is 25.9. The number of benzene rings is 2. The van der Waals surface area contributed by atoms with E-state index in [2.05, 4.69) is 17.4 Å². The van der Waals surface area contributed by atoms with E-state index < -0.39 is 5.97 Å². The zero-order valence-electron chi connectivity index (χ0n) is 17.8. The minimum atomic E-state index is -1.00. The van der Waals surface area contributed by atoms with Crippen LogP contribution in [-0.4, -0.2) is 37.3 Å². The molecule has 0 radical (unpaired) electrons. The SMILES string of the molecule is COCCOc1ccc(C(=O)Nc2sc3c(c2C(=O)O)CCC(c2ccccc2)C3)cc1. The smallest absolute Gasteiger partial charge is 0.339 e. The number of rotatable bonds is 8. The molecule has 0 bridgehead atoms. The Morgan fingerprint density at radius 2 is 1.84 bits per heavy atom. The maximum atomic E-state index is 12.8. The predicted molar refractivity (Wildman–Crippen MR) is 124 cm³/mol. The third kappa shape index (κ3) is 4.84. The number of aromatic carboxylic acids is 1. The minimum Gasteiger partial charge on any atom is -0.491 e. The Bertz CT molecular complexity index is 1090. The quantitative estimate of drug-likeness (QED) is 0.471. The molecule has 0 spiro atoms. The Hall–Kier alpha value is -3.16. The van der Waals surface area contributed by atoms with E-state index in [1.54, 1.807) is 31.4 Å². The number of hydrogen-bond donors (Lipinski definition) is 2. The fourth-order valence-electron chi connectivity index (χ4n) is 4.03. The Balaban J connectivity index is 1.51. The van der Waals surface area contributed by atoms with E-state index >= 15 is 0 Å². The molecule has 1 atom stereocenters. The number of methoxy groups -OCH3 is 1. The van der Waals surface area contributed by atoms with Crippen LogP contribution in [0.3, 0.4) is 0 Å². The minimum absolute atomic E-state index is 0.226. The Kier molecular flexibility index (Phi) is 6.87. The Labute approximate surface area is 190 Å². The lowest BCUT2D eigenvalue weighted by Gasteiger charge is -2.22. The lowest BCUT2D eigenvalue weighted by molar-refractivity contribution is 0.0697. The van der Waals surface area contributed by atoms with Crippen LogP contribution < -0.4 is 10.1 Å². The number of anilines is 1. The third-order valence-electron chi connectivity index (χ3n) is 5.65. The van der Waals surface area contributed by atoms with E-state index in [1.807, 2.05) is 18.2 Å². The van der Waals surface area contributed by atoms with Gasteiger partial charge in [0.25, 0.3) is 5.91 Å². The second-order valence-electron chi connectivity index (χ2n) is 7.68. The monoisotopic (exact) mass is 451 g/mol. The standard InChI is InChI=1S/C25H25NO5S/c1-30-13-14-31-19-10-7-17(8-11-19)23(27)26-24-22(25(28)29)20-12-9-18(15-21(20)32-24)16-5-3-2-4-6-16/h2-8,10-11,18H,9,12-15H2,1H3,(H,26,27)(H,28,29). The van der Waals surface area contributed by atoms with Gasteiger partial charge in [-0.2, -0.15) is 0 Å². The zero-order valence-corrected chi connectivity index (χ0v) is 18.6. The van der Waals surface area contributed by atoms with Gasteiger partial charge in [0.1, 0.15) is 17.4 Å². The normalized spacial score (nSPS) is 15.1. The number of fused-ring (bicyclic) bond motifs is 1. The van der Waals surface area contributed by atoms with Crippen LogP contribution in [0.15, 0.2) is 54.6 Å². The van der Waals surface area contributed by atoms with E-state index in [0.29, 0.717) is 41.9 Å². The van der Waals surface area contributed by atoms with Crippen molar-refractivity contribution in [2.45, 2.75) is 25.2 Å². The van der Waals surface area contributed by atoms with E-state index in [0.717, 1.165) is 23.3 Å². The molecule has 3 aromatic rings. The molecule has 1 unspecified atom stereocenters. The highest BCUT2D eigenvalue weighted by atomic mass is 32.1. The molecule has 4 rings (SSSR count). The summed E-state index contributed by atoms with van der Waals surface area (Å²) in [5.74, 6) is -0.339. The number of amides is 1. The van der Waals surface area contributed by atoms with Crippen LogP contribution in [0.5, 0.6) is 5.75 Å². The van der Waals surface area contributed by atoms with Crippen molar-refractivity contribution in [3.63, 3.8) is 0 Å². The van der Waals surface area contributed by atoms with Gasteiger partial charge in [0, 0.05) is 17.6 Å². The van der Waals surface area contributed by atoms with Gasteiger partial charge in [-0.15, -0.1) is 11.3 Å². The fourth-order valence-corrected chi connectivity index (χ4v) is 5.35. The molecule has 1 aliphatic carbocycles. The van der Waals surface area contributed by atoms with Gasteiger partial charge in [0.15, 0.2) is 0 Å². The van der Waals surface area contributed by atoms with Crippen molar-refractivity contribution in [3.8, 4) is 5.75 Å². The van der Waals surface area contributed by atoms with Crippen molar-refractivity contribution >= 4 is 28.2 Å². The zero-order chi connectivity index (χ0) is 22.5. The lowest BCUT2D eigenvalue weighted by Crippen LogP contribution is -2.15. The molecule has 0 aliphatic heterocycles. The molecule has 0 saturated carbocycles. The lowest BCUT2D eigenvalue weighted by atomic mass is 9.83. The number of carboxylic acids is 1. The molecular weight excluding hydrogens is 426 g/mol. The van der Waals surface area contributed by atoms with Crippen LogP contribution in [0.1, 0.15) is 49.1 Å². The topological polar surface area (TPSA) is 84.9 Å². The van der Waals surface area contributed by atoms with Crippen molar-refractivity contribution in [2.75, 3.05) is 25.6 Å². The number of carbonyl (C=O) groups excluding carboxylic acids is 1. The molecule has 32 heavy (non-hydrogen) atoms. The largest absolute Gasteiger partial charge is 0.491 e. The Morgan fingerprint density at radius 3 is 2.53 bits per heavy atom. The molecule has 1 aliphatic rings.